The highest BCUT2D eigenvalue weighted by atomic mass is 79.9. The number of aromatic nitrogens is 1. The van der Waals surface area contributed by atoms with Crippen molar-refractivity contribution >= 4 is 26.8 Å². The summed E-state index contributed by atoms with van der Waals surface area (Å²) in [6.45, 7) is 1.95. The molecule has 0 saturated heterocycles. The molecule has 0 aliphatic heterocycles. The molecule has 3 nitrogen and oxygen atoms in total. The molecule has 2 rings (SSSR count). The number of halogens is 1. The number of rotatable bonds is 2. The maximum Gasteiger partial charge on any atom is 0.145 e. The molecule has 0 aliphatic carbocycles. The summed E-state index contributed by atoms with van der Waals surface area (Å²) in [5.41, 5.74) is 1.75. The molecule has 0 spiro atoms. The van der Waals surface area contributed by atoms with Crippen LogP contribution in [0.3, 0.4) is 0 Å². The van der Waals surface area contributed by atoms with Crippen LogP contribution >= 0.6 is 15.9 Å². The van der Waals surface area contributed by atoms with Crippen LogP contribution in [0.1, 0.15) is 5.69 Å². The van der Waals surface area contributed by atoms with Gasteiger partial charge in [-0.15, -0.1) is 0 Å². The van der Waals surface area contributed by atoms with E-state index >= 15 is 0 Å². The van der Waals surface area contributed by atoms with Crippen molar-refractivity contribution in [3.63, 3.8) is 0 Å². The molecule has 0 bridgehead atoms. The Bertz CT molecular complexity index is 540. The van der Waals surface area contributed by atoms with E-state index in [-0.39, 0.29) is 0 Å². The van der Waals surface area contributed by atoms with Crippen LogP contribution in [0, 0.1) is 6.92 Å². The molecule has 0 fully saturated rings. The molecule has 16 heavy (non-hydrogen) atoms. The topological polar surface area (TPSA) is 31.4 Å². The number of benzene rings is 1. The summed E-state index contributed by atoms with van der Waals surface area (Å²) in [5, 5.41) is 0.937. The summed E-state index contributed by atoms with van der Waals surface area (Å²) < 4.78 is 11.6. The smallest absolute Gasteiger partial charge is 0.145 e. The molecule has 1 heterocycles. The maximum atomic E-state index is 5.32. The second-order valence-corrected chi connectivity index (χ2v) is 4.29. The average molecular weight is 282 g/mol. The van der Waals surface area contributed by atoms with Gasteiger partial charge in [-0.2, -0.15) is 0 Å². The Labute approximate surface area is 103 Å². The third-order valence-electron chi connectivity index (χ3n) is 2.41. The Hall–Kier alpha value is -1.29. The van der Waals surface area contributed by atoms with E-state index in [1.807, 2.05) is 25.1 Å². The predicted molar refractivity (Wildman–Crippen MR) is 67.3 cm³/mol. The van der Waals surface area contributed by atoms with Crippen LogP contribution in [0.5, 0.6) is 11.5 Å². The predicted octanol–water partition coefficient (Wildman–Crippen LogP) is 3.32. The maximum absolute atomic E-state index is 5.32. The van der Waals surface area contributed by atoms with E-state index in [4.69, 9.17) is 9.47 Å². The number of pyridine rings is 1. The molecule has 4 heteroatoms. The molecule has 0 saturated carbocycles. The SMILES string of the molecule is COc1ccc(OC)c2c(Br)cc(C)nc12. The zero-order chi connectivity index (χ0) is 11.7. The van der Waals surface area contributed by atoms with Gasteiger partial charge < -0.3 is 9.47 Å². The van der Waals surface area contributed by atoms with Gasteiger partial charge in [-0.1, -0.05) is 0 Å². The van der Waals surface area contributed by atoms with Crippen LogP contribution in [0.25, 0.3) is 10.9 Å². The molecule has 0 unspecified atom stereocenters. The molecular weight excluding hydrogens is 270 g/mol. The number of aryl methyl sites for hydroxylation is 1. The Balaban J connectivity index is 2.90. The lowest BCUT2D eigenvalue weighted by atomic mass is 10.1. The quantitative estimate of drug-likeness (QED) is 0.846. The number of hydrogen-bond acceptors (Lipinski definition) is 3. The fourth-order valence-electron chi connectivity index (χ4n) is 1.69. The first-order valence-electron chi connectivity index (χ1n) is 4.85. The summed E-state index contributed by atoms with van der Waals surface area (Å²) in [6, 6.07) is 5.70. The van der Waals surface area contributed by atoms with E-state index in [2.05, 4.69) is 20.9 Å². The van der Waals surface area contributed by atoms with Crippen molar-refractivity contribution in [1.82, 2.24) is 4.98 Å². The highest BCUT2D eigenvalue weighted by molar-refractivity contribution is 9.10. The molecule has 2 aromatic rings. The normalized spacial score (nSPS) is 10.5. The molecule has 0 amide bonds. The van der Waals surface area contributed by atoms with Gasteiger partial charge in [0.2, 0.25) is 0 Å². The monoisotopic (exact) mass is 281 g/mol. The van der Waals surface area contributed by atoms with E-state index in [0.717, 1.165) is 32.6 Å². The number of nitrogens with zero attached hydrogens (tertiary/aromatic N) is 1. The number of hydrogen-bond donors (Lipinski definition) is 0. The Morgan fingerprint density at radius 1 is 1.12 bits per heavy atom. The van der Waals surface area contributed by atoms with Crippen molar-refractivity contribution in [1.29, 1.82) is 0 Å². The number of ether oxygens (including phenoxy) is 2. The van der Waals surface area contributed by atoms with E-state index in [1.165, 1.54) is 0 Å². The highest BCUT2D eigenvalue weighted by Crippen LogP contribution is 2.36. The molecule has 1 aromatic carbocycles. The molecule has 0 radical (unpaired) electrons. The Morgan fingerprint density at radius 3 is 2.38 bits per heavy atom. The van der Waals surface area contributed by atoms with Gasteiger partial charge >= 0.3 is 0 Å². The van der Waals surface area contributed by atoms with Crippen LogP contribution in [-0.4, -0.2) is 19.2 Å². The minimum atomic E-state index is 0.750. The first-order chi connectivity index (χ1) is 7.67. The molecule has 0 aliphatic rings. The minimum Gasteiger partial charge on any atom is -0.496 e. The third kappa shape index (κ3) is 1.73. The summed E-state index contributed by atoms with van der Waals surface area (Å²) in [4.78, 5) is 4.48. The lowest BCUT2D eigenvalue weighted by Crippen LogP contribution is -1.93. The van der Waals surface area contributed by atoms with Crippen molar-refractivity contribution < 1.29 is 9.47 Å². The van der Waals surface area contributed by atoms with E-state index in [9.17, 15) is 0 Å². The number of fused-ring (bicyclic) bond motifs is 1. The van der Waals surface area contributed by atoms with E-state index in [0.29, 0.717) is 0 Å². The van der Waals surface area contributed by atoms with Crippen molar-refractivity contribution in [3.05, 3.63) is 28.4 Å². The molecule has 1 aromatic heterocycles. The highest BCUT2D eigenvalue weighted by Gasteiger charge is 2.12. The first-order valence-corrected chi connectivity index (χ1v) is 5.64. The van der Waals surface area contributed by atoms with Gasteiger partial charge in [0.15, 0.2) is 0 Å². The van der Waals surface area contributed by atoms with E-state index < -0.39 is 0 Å². The lowest BCUT2D eigenvalue weighted by molar-refractivity contribution is 0.409. The van der Waals surface area contributed by atoms with Gasteiger partial charge in [0, 0.05) is 10.2 Å². The van der Waals surface area contributed by atoms with Gasteiger partial charge in [0.25, 0.3) is 0 Å². The lowest BCUT2D eigenvalue weighted by Gasteiger charge is -2.11. The molecule has 0 N–H and O–H groups in total. The fraction of sp³-hybridized carbons (Fsp3) is 0.250. The van der Waals surface area contributed by atoms with Crippen LogP contribution in [-0.2, 0) is 0 Å². The van der Waals surface area contributed by atoms with E-state index in [1.54, 1.807) is 14.2 Å². The van der Waals surface area contributed by atoms with Crippen molar-refractivity contribution in [3.8, 4) is 11.5 Å². The zero-order valence-electron chi connectivity index (χ0n) is 9.37. The van der Waals surface area contributed by atoms with Crippen molar-refractivity contribution in [2.45, 2.75) is 6.92 Å². The Morgan fingerprint density at radius 2 is 1.75 bits per heavy atom. The van der Waals surface area contributed by atoms with Gasteiger partial charge in [0.05, 0.1) is 19.6 Å². The number of methoxy groups -OCH3 is 2. The minimum absolute atomic E-state index is 0.750. The van der Waals surface area contributed by atoms with Crippen molar-refractivity contribution in [2.24, 2.45) is 0 Å². The second kappa shape index (κ2) is 4.29. The second-order valence-electron chi connectivity index (χ2n) is 3.44. The van der Waals surface area contributed by atoms with Crippen LogP contribution in [0.15, 0.2) is 22.7 Å². The summed E-state index contributed by atoms with van der Waals surface area (Å²) in [6.07, 6.45) is 0. The largest absolute Gasteiger partial charge is 0.496 e. The fourth-order valence-corrected chi connectivity index (χ4v) is 2.41. The van der Waals surface area contributed by atoms with Gasteiger partial charge in [0.1, 0.15) is 17.0 Å². The zero-order valence-corrected chi connectivity index (χ0v) is 11.0. The van der Waals surface area contributed by atoms with Gasteiger partial charge in [-0.05, 0) is 41.1 Å². The summed E-state index contributed by atoms with van der Waals surface area (Å²) >= 11 is 3.53. The molecule has 0 atom stereocenters. The van der Waals surface area contributed by atoms with Crippen LogP contribution in [0.2, 0.25) is 0 Å². The standard InChI is InChI=1S/C12H12BrNO2/c1-7-6-8(13)11-9(15-2)4-5-10(16-3)12(11)14-7/h4-6H,1-3H3. The van der Waals surface area contributed by atoms with Gasteiger partial charge in [-0.25, -0.2) is 4.98 Å². The third-order valence-corrected chi connectivity index (χ3v) is 3.03. The summed E-state index contributed by atoms with van der Waals surface area (Å²) in [5.74, 6) is 1.54. The molecular formula is C12H12BrNO2. The van der Waals surface area contributed by atoms with Crippen molar-refractivity contribution in [2.75, 3.05) is 14.2 Å². The first kappa shape index (κ1) is 11.2. The van der Waals surface area contributed by atoms with Gasteiger partial charge in [-0.3, -0.25) is 0 Å². The average Bonchev–Trinajstić information content (AvgIpc) is 2.27. The summed E-state index contributed by atoms with van der Waals surface area (Å²) in [7, 11) is 3.28. The molecule has 84 valence electrons. The van der Waals surface area contributed by atoms with Crippen LogP contribution in [0.4, 0.5) is 0 Å². The Kier molecular flexibility index (Phi) is 3.01. The van der Waals surface area contributed by atoms with Crippen LogP contribution < -0.4 is 9.47 Å².